The molecular formula is C22H29FIN3O3. The van der Waals surface area contributed by atoms with Crippen LogP contribution in [0.1, 0.15) is 23.6 Å². The number of nitrogens with one attached hydrogen (secondary N) is 1. The lowest BCUT2D eigenvalue weighted by atomic mass is 10.1. The molecule has 8 heteroatoms. The van der Waals surface area contributed by atoms with Gasteiger partial charge in [-0.05, 0) is 48.7 Å². The SMILES string of the molecule is CCNC(=NCCc1cc(F)cc2c1OCOC2)N(C)Cc1ccc(OC)cc1.I. The van der Waals surface area contributed by atoms with Crippen molar-refractivity contribution in [2.24, 2.45) is 4.99 Å². The fraction of sp³-hybridized carbons (Fsp3) is 0.409. The molecule has 0 aliphatic carbocycles. The van der Waals surface area contributed by atoms with Crippen LogP contribution < -0.4 is 14.8 Å². The van der Waals surface area contributed by atoms with Gasteiger partial charge in [0.15, 0.2) is 12.8 Å². The van der Waals surface area contributed by atoms with Gasteiger partial charge >= 0.3 is 0 Å². The molecule has 0 saturated heterocycles. The Balaban J connectivity index is 0.00000320. The van der Waals surface area contributed by atoms with Gasteiger partial charge in [0.25, 0.3) is 0 Å². The van der Waals surface area contributed by atoms with Gasteiger partial charge in [0.1, 0.15) is 17.3 Å². The maximum absolute atomic E-state index is 13.9. The van der Waals surface area contributed by atoms with Gasteiger partial charge in [0, 0.05) is 32.2 Å². The molecule has 1 heterocycles. The molecule has 164 valence electrons. The fourth-order valence-electron chi connectivity index (χ4n) is 3.27. The van der Waals surface area contributed by atoms with Crippen molar-refractivity contribution in [3.05, 3.63) is 58.9 Å². The second kappa shape index (κ2) is 11.9. The molecule has 2 aromatic carbocycles. The number of benzene rings is 2. The van der Waals surface area contributed by atoms with E-state index in [1.807, 2.05) is 38.2 Å². The first-order valence-corrected chi connectivity index (χ1v) is 9.75. The molecule has 0 fully saturated rings. The van der Waals surface area contributed by atoms with Gasteiger partial charge in [-0.1, -0.05) is 12.1 Å². The molecule has 1 aliphatic rings. The zero-order chi connectivity index (χ0) is 20.6. The molecule has 1 aliphatic heterocycles. The zero-order valence-corrected chi connectivity index (χ0v) is 19.9. The molecule has 3 rings (SSSR count). The lowest BCUT2D eigenvalue weighted by Gasteiger charge is -2.23. The van der Waals surface area contributed by atoms with E-state index in [1.54, 1.807) is 7.11 Å². The number of ether oxygens (including phenoxy) is 3. The Morgan fingerprint density at radius 3 is 2.73 bits per heavy atom. The van der Waals surface area contributed by atoms with E-state index in [2.05, 4.69) is 10.2 Å². The molecule has 0 radical (unpaired) electrons. The summed E-state index contributed by atoms with van der Waals surface area (Å²) >= 11 is 0. The Labute approximate surface area is 194 Å². The summed E-state index contributed by atoms with van der Waals surface area (Å²) in [7, 11) is 3.65. The molecule has 0 bridgehead atoms. The lowest BCUT2D eigenvalue weighted by molar-refractivity contribution is -0.0172. The number of hydrogen-bond donors (Lipinski definition) is 1. The summed E-state index contributed by atoms with van der Waals surface area (Å²) in [6, 6.07) is 11.0. The number of rotatable bonds is 7. The average Bonchev–Trinajstić information content (AvgIpc) is 2.73. The van der Waals surface area contributed by atoms with Crippen LogP contribution in [-0.4, -0.2) is 44.9 Å². The topological polar surface area (TPSA) is 55.3 Å². The fourth-order valence-corrected chi connectivity index (χ4v) is 3.27. The van der Waals surface area contributed by atoms with Crippen LogP contribution in [-0.2, 0) is 24.3 Å². The van der Waals surface area contributed by atoms with Crippen molar-refractivity contribution in [2.45, 2.75) is 26.5 Å². The third-order valence-electron chi connectivity index (χ3n) is 4.67. The van der Waals surface area contributed by atoms with Gasteiger partial charge < -0.3 is 24.4 Å². The van der Waals surface area contributed by atoms with E-state index in [4.69, 9.17) is 19.2 Å². The Hall–Kier alpha value is -2.07. The molecule has 1 N–H and O–H groups in total. The van der Waals surface area contributed by atoms with Crippen LogP contribution in [0.3, 0.4) is 0 Å². The lowest BCUT2D eigenvalue weighted by Crippen LogP contribution is -2.38. The van der Waals surface area contributed by atoms with Gasteiger partial charge in [0.05, 0.1) is 13.7 Å². The van der Waals surface area contributed by atoms with E-state index in [1.165, 1.54) is 12.1 Å². The Kier molecular flexibility index (Phi) is 9.64. The average molecular weight is 529 g/mol. The smallest absolute Gasteiger partial charge is 0.193 e. The van der Waals surface area contributed by atoms with E-state index in [0.29, 0.717) is 26.1 Å². The standard InChI is InChI=1S/C22H28FN3O3.HI/c1-4-24-22(26(2)13-16-5-7-20(27-3)8-6-16)25-10-9-17-11-19(23)12-18-14-28-15-29-21(17)18;/h5-8,11-12H,4,9-10,13-15H2,1-3H3,(H,24,25);1H. The number of halogens is 2. The summed E-state index contributed by atoms with van der Waals surface area (Å²) in [5.74, 6) is 2.09. The highest BCUT2D eigenvalue weighted by atomic mass is 127. The minimum Gasteiger partial charge on any atom is -0.497 e. The first-order chi connectivity index (χ1) is 14.1. The van der Waals surface area contributed by atoms with E-state index in [-0.39, 0.29) is 36.6 Å². The van der Waals surface area contributed by atoms with Crippen molar-refractivity contribution >= 4 is 29.9 Å². The van der Waals surface area contributed by atoms with E-state index in [9.17, 15) is 4.39 Å². The first-order valence-electron chi connectivity index (χ1n) is 9.75. The molecule has 30 heavy (non-hydrogen) atoms. The maximum Gasteiger partial charge on any atom is 0.193 e. The molecule has 0 saturated carbocycles. The number of methoxy groups -OCH3 is 1. The van der Waals surface area contributed by atoms with Crippen LogP contribution in [0.15, 0.2) is 41.4 Å². The highest BCUT2D eigenvalue weighted by Gasteiger charge is 2.17. The second-order valence-electron chi connectivity index (χ2n) is 6.85. The molecule has 6 nitrogen and oxygen atoms in total. The molecule has 0 spiro atoms. The summed E-state index contributed by atoms with van der Waals surface area (Å²) < 4.78 is 29.9. The van der Waals surface area contributed by atoms with Crippen molar-refractivity contribution in [1.82, 2.24) is 10.2 Å². The molecular weight excluding hydrogens is 500 g/mol. The van der Waals surface area contributed by atoms with Crippen molar-refractivity contribution < 1.29 is 18.6 Å². The van der Waals surface area contributed by atoms with Crippen molar-refractivity contribution in [3.8, 4) is 11.5 Å². The highest BCUT2D eigenvalue weighted by molar-refractivity contribution is 14.0. The number of hydrogen-bond acceptors (Lipinski definition) is 4. The monoisotopic (exact) mass is 529 g/mol. The summed E-state index contributed by atoms with van der Waals surface area (Å²) in [6.45, 7) is 4.61. The molecule has 0 aromatic heterocycles. The van der Waals surface area contributed by atoms with Crippen LogP contribution in [0.4, 0.5) is 4.39 Å². The second-order valence-corrected chi connectivity index (χ2v) is 6.85. The summed E-state index contributed by atoms with van der Waals surface area (Å²) in [5, 5.41) is 3.31. The van der Waals surface area contributed by atoms with Crippen molar-refractivity contribution in [2.75, 3.05) is 34.0 Å². The number of nitrogens with zero attached hydrogens (tertiary/aromatic N) is 2. The molecule has 0 unspecified atom stereocenters. The van der Waals surface area contributed by atoms with Gasteiger partial charge in [-0.25, -0.2) is 4.39 Å². The summed E-state index contributed by atoms with van der Waals surface area (Å²) in [6.07, 6.45) is 0.589. The Bertz CT molecular complexity index is 846. The van der Waals surface area contributed by atoms with Crippen molar-refractivity contribution in [3.63, 3.8) is 0 Å². The minimum atomic E-state index is -0.277. The number of fused-ring (bicyclic) bond motifs is 1. The van der Waals surface area contributed by atoms with Crippen LogP contribution in [0.5, 0.6) is 11.5 Å². The van der Waals surface area contributed by atoms with Crippen LogP contribution in [0.2, 0.25) is 0 Å². The zero-order valence-electron chi connectivity index (χ0n) is 17.6. The normalized spacial score (nSPS) is 13.0. The van der Waals surface area contributed by atoms with E-state index >= 15 is 0 Å². The van der Waals surface area contributed by atoms with Crippen molar-refractivity contribution in [1.29, 1.82) is 0 Å². The predicted molar refractivity (Wildman–Crippen MR) is 126 cm³/mol. The van der Waals surface area contributed by atoms with Gasteiger partial charge in [-0.3, -0.25) is 4.99 Å². The molecule has 2 aromatic rings. The van der Waals surface area contributed by atoms with E-state index < -0.39 is 0 Å². The first kappa shape index (κ1) is 24.2. The third-order valence-corrected chi connectivity index (χ3v) is 4.67. The van der Waals surface area contributed by atoms with Crippen LogP contribution in [0.25, 0.3) is 0 Å². The third kappa shape index (κ3) is 6.46. The minimum absolute atomic E-state index is 0. The molecule has 0 amide bonds. The highest BCUT2D eigenvalue weighted by Crippen LogP contribution is 2.29. The van der Waals surface area contributed by atoms with Gasteiger partial charge in [-0.2, -0.15) is 0 Å². The maximum atomic E-state index is 13.9. The Morgan fingerprint density at radius 2 is 2.03 bits per heavy atom. The Morgan fingerprint density at radius 1 is 1.27 bits per heavy atom. The summed E-state index contributed by atoms with van der Waals surface area (Å²) in [5.41, 5.74) is 2.73. The van der Waals surface area contributed by atoms with Gasteiger partial charge in [-0.15, -0.1) is 24.0 Å². The predicted octanol–water partition coefficient (Wildman–Crippen LogP) is 3.96. The number of guanidine groups is 1. The number of aliphatic imine (C=N–C) groups is 1. The van der Waals surface area contributed by atoms with E-state index in [0.717, 1.165) is 40.7 Å². The van der Waals surface area contributed by atoms with Gasteiger partial charge in [0.2, 0.25) is 0 Å². The van der Waals surface area contributed by atoms with Crippen LogP contribution >= 0.6 is 24.0 Å². The quantitative estimate of drug-likeness (QED) is 0.335. The largest absolute Gasteiger partial charge is 0.497 e. The van der Waals surface area contributed by atoms with Crippen LogP contribution in [0, 0.1) is 5.82 Å². The molecule has 0 atom stereocenters. The summed E-state index contributed by atoms with van der Waals surface area (Å²) in [4.78, 5) is 6.78.